The zero-order chi connectivity index (χ0) is 20.8. The fourth-order valence-corrected chi connectivity index (χ4v) is 4.63. The Labute approximate surface area is 173 Å². The standard InChI is InChI=1S/C23H24O5S/c24-18(22-13-15-7-5-6-9-21(15)29-22)12-11-17-16(19(25)14-20(17)26)8-3-1-2-4-10-23(27)28/h1,3,5-7,9,11-13,16-17,19,25H,2,4,8,10,14H2,(H,27,28)/t16-,17-,19+/m1/s1. The van der Waals surface area contributed by atoms with E-state index >= 15 is 0 Å². The number of carboxylic acids is 1. The van der Waals surface area contributed by atoms with E-state index in [9.17, 15) is 19.5 Å². The van der Waals surface area contributed by atoms with Crippen LogP contribution in [0.1, 0.15) is 41.8 Å². The summed E-state index contributed by atoms with van der Waals surface area (Å²) < 4.78 is 1.04. The molecule has 3 atom stereocenters. The average molecular weight is 413 g/mol. The molecule has 0 spiro atoms. The van der Waals surface area contributed by atoms with E-state index < -0.39 is 18.0 Å². The summed E-state index contributed by atoms with van der Waals surface area (Å²) >= 11 is 1.43. The van der Waals surface area contributed by atoms with Crippen LogP contribution < -0.4 is 0 Å². The Kier molecular flexibility index (Phi) is 7.12. The van der Waals surface area contributed by atoms with Crippen LogP contribution in [-0.4, -0.2) is 33.9 Å². The number of aliphatic hydroxyl groups excluding tert-OH is 1. The van der Waals surface area contributed by atoms with Crippen LogP contribution in [0.5, 0.6) is 0 Å². The molecular weight excluding hydrogens is 388 g/mol. The summed E-state index contributed by atoms with van der Waals surface area (Å²) in [6.45, 7) is 0. The second-order valence-corrected chi connectivity index (χ2v) is 8.38. The molecule has 2 N–H and O–H groups in total. The lowest BCUT2D eigenvalue weighted by Crippen LogP contribution is -2.18. The topological polar surface area (TPSA) is 91.7 Å². The van der Waals surface area contributed by atoms with Crippen LogP contribution in [-0.2, 0) is 9.59 Å². The van der Waals surface area contributed by atoms with Gasteiger partial charge in [-0.05, 0) is 42.9 Å². The molecule has 6 heteroatoms. The maximum absolute atomic E-state index is 12.5. The molecule has 0 aliphatic heterocycles. The van der Waals surface area contributed by atoms with Gasteiger partial charge in [0.15, 0.2) is 5.78 Å². The number of Topliss-reactive ketones (excluding diaryl/α,β-unsaturated/α-hetero) is 1. The number of hydrogen-bond acceptors (Lipinski definition) is 5. The number of allylic oxidation sites excluding steroid dienone is 4. The number of hydrogen-bond donors (Lipinski definition) is 2. The lowest BCUT2D eigenvalue weighted by Gasteiger charge is -2.16. The number of carboxylic acid groups (broad SMARTS) is 1. The third-order valence-corrected chi connectivity index (χ3v) is 6.33. The van der Waals surface area contributed by atoms with E-state index in [4.69, 9.17) is 5.11 Å². The Bertz CT molecular complexity index is 922. The maximum atomic E-state index is 12.5. The summed E-state index contributed by atoms with van der Waals surface area (Å²) in [5.74, 6) is -1.74. The molecule has 1 aliphatic carbocycles. The number of benzene rings is 1. The predicted octanol–water partition coefficient (Wildman–Crippen LogP) is 4.41. The number of aliphatic carboxylic acids is 1. The minimum atomic E-state index is -0.816. The zero-order valence-corrected chi connectivity index (χ0v) is 16.8. The quantitative estimate of drug-likeness (QED) is 0.276. The van der Waals surface area contributed by atoms with Gasteiger partial charge in [0.2, 0.25) is 0 Å². The summed E-state index contributed by atoms with van der Waals surface area (Å²) in [6.07, 6.45) is 8.10. The molecule has 29 heavy (non-hydrogen) atoms. The second kappa shape index (κ2) is 9.76. The van der Waals surface area contributed by atoms with Gasteiger partial charge in [0.1, 0.15) is 5.78 Å². The highest BCUT2D eigenvalue weighted by Crippen LogP contribution is 2.34. The maximum Gasteiger partial charge on any atom is 0.303 e. The molecule has 1 fully saturated rings. The van der Waals surface area contributed by atoms with Crippen molar-refractivity contribution in [2.45, 2.75) is 38.2 Å². The second-order valence-electron chi connectivity index (χ2n) is 7.29. The van der Waals surface area contributed by atoms with E-state index in [0.717, 1.165) is 10.1 Å². The molecule has 0 saturated heterocycles. The summed E-state index contributed by atoms with van der Waals surface area (Å²) in [7, 11) is 0. The van der Waals surface area contributed by atoms with Gasteiger partial charge < -0.3 is 10.2 Å². The van der Waals surface area contributed by atoms with Crippen molar-refractivity contribution in [1.29, 1.82) is 0 Å². The Morgan fingerprint density at radius 2 is 2.00 bits per heavy atom. The van der Waals surface area contributed by atoms with Gasteiger partial charge in [0.25, 0.3) is 0 Å². The highest BCUT2D eigenvalue weighted by atomic mass is 32.1. The lowest BCUT2D eigenvalue weighted by molar-refractivity contribution is -0.137. The van der Waals surface area contributed by atoms with Crippen LogP contribution >= 0.6 is 11.3 Å². The van der Waals surface area contributed by atoms with Crippen LogP contribution in [0.4, 0.5) is 0 Å². The number of rotatable bonds is 9. The third kappa shape index (κ3) is 5.49. The molecule has 1 saturated carbocycles. The van der Waals surface area contributed by atoms with Crippen molar-refractivity contribution in [2.75, 3.05) is 0 Å². The largest absolute Gasteiger partial charge is 0.481 e. The van der Waals surface area contributed by atoms with E-state index in [2.05, 4.69) is 0 Å². The molecule has 0 radical (unpaired) electrons. The molecule has 0 amide bonds. The molecule has 1 aromatic carbocycles. The summed E-state index contributed by atoms with van der Waals surface area (Å²) in [5, 5.41) is 19.9. The first kappa shape index (κ1) is 21.1. The number of carbonyl (C=O) groups excluding carboxylic acids is 2. The fourth-order valence-electron chi connectivity index (χ4n) is 3.64. The Morgan fingerprint density at radius 3 is 2.76 bits per heavy atom. The lowest BCUT2D eigenvalue weighted by atomic mass is 9.90. The van der Waals surface area contributed by atoms with Gasteiger partial charge in [-0.15, -0.1) is 11.3 Å². The first-order valence-corrected chi connectivity index (χ1v) is 10.6. The molecule has 3 rings (SSSR count). The summed E-state index contributed by atoms with van der Waals surface area (Å²) in [5.41, 5.74) is 0. The SMILES string of the molecule is O=C(O)CCCC=CC[C@H]1[C@@H](O)CC(=O)[C@@H]1C=CC(=O)c1cc2ccccc2s1. The number of unbranched alkanes of at least 4 members (excludes halogenated alkanes) is 1. The third-order valence-electron chi connectivity index (χ3n) is 5.20. The predicted molar refractivity (Wildman–Crippen MR) is 113 cm³/mol. The first-order chi connectivity index (χ1) is 14.0. The van der Waals surface area contributed by atoms with Crippen molar-refractivity contribution in [2.24, 2.45) is 11.8 Å². The van der Waals surface area contributed by atoms with Gasteiger partial charge in [-0.3, -0.25) is 14.4 Å². The van der Waals surface area contributed by atoms with Crippen LogP contribution in [0, 0.1) is 11.8 Å². The zero-order valence-electron chi connectivity index (χ0n) is 16.0. The van der Waals surface area contributed by atoms with Crippen LogP contribution in [0.2, 0.25) is 0 Å². The van der Waals surface area contributed by atoms with Gasteiger partial charge in [-0.1, -0.05) is 36.4 Å². The van der Waals surface area contributed by atoms with E-state index in [1.165, 1.54) is 17.4 Å². The van der Waals surface area contributed by atoms with Crippen LogP contribution in [0.25, 0.3) is 10.1 Å². The normalized spacial score (nSPS) is 22.2. The van der Waals surface area contributed by atoms with E-state index in [1.807, 2.05) is 42.5 Å². The molecule has 0 unspecified atom stereocenters. The van der Waals surface area contributed by atoms with Crippen LogP contribution in [0.15, 0.2) is 54.6 Å². The van der Waals surface area contributed by atoms with E-state index in [1.54, 1.807) is 6.08 Å². The van der Waals surface area contributed by atoms with Gasteiger partial charge in [0, 0.05) is 29.4 Å². The molecule has 1 heterocycles. The monoisotopic (exact) mass is 412 g/mol. The summed E-state index contributed by atoms with van der Waals surface area (Å²) in [6, 6.07) is 9.65. The number of fused-ring (bicyclic) bond motifs is 1. The van der Waals surface area contributed by atoms with E-state index in [-0.39, 0.29) is 30.3 Å². The number of thiophene rings is 1. The summed E-state index contributed by atoms with van der Waals surface area (Å²) in [4.78, 5) is 36.0. The minimum Gasteiger partial charge on any atom is -0.481 e. The number of ketones is 2. The average Bonchev–Trinajstić information content (AvgIpc) is 3.23. The van der Waals surface area contributed by atoms with Gasteiger partial charge in [0.05, 0.1) is 11.0 Å². The Hall–Kier alpha value is -2.57. The molecule has 1 aliphatic rings. The van der Waals surface area contributed by atoms with E-state index in [0.29, 0.717) is 24.1 Å². The number of aliphatic hydroxyl groups is 1. The minimum absolute atomic E-state index is 0.0535. The molecule has 152 valence electrons. The first-order valence-electron chi connectivity index (χ1n) is 9.74. The van der Waals surface area contributed by atoms with Crippen molar-refractivity contribution in [3.63, 3.8) is 0 Å². The van der Waals surface area contributed by atoms with Crippen molar-refractivity contribution in [1.82, 2.24) is 0 Å². The molecular formula is C23H24O5S. The molecule has 1 aromatic heterocycles. The fraction of sp³-hybridized carbons (Fsp3) is 0.348. The highest BCUT2D eigenvalue weighted by molar-refractivity contribution is 7.21. The Balaban J connectivity index is 1.62. The van der Waals surface area contributed by atoms with Gasteiger partial charge >= 0.3 is 5.97 Å². The highest BCUT2D eigenvalue weighted by Gasteiger charge is 2.39. The van der Waals surface area contributed by atoms with Crippen molar-refractivity contribution in [3.8, 4) is 0 Å². The van der Waals surface area contributed by atoms with Gasteiger partial charge in [-0.2, -0.15) is 0 Å². The van der Waals surface area contributed by atoms with Crippen molar-refractivity contribution in [3.05, 3.63) is 59.5 Å². The van der Waals surface area contributed by atoms with Crippen molar-refractivity contribution < 1.29 is 24.6 Å². The van der Waals surface area contributed by atoms with Crippen molar-refractivity contribution >= 4 is 39.0 Å². The molecule has 2 aromatic rings. The number of carbonyl (C=O) groups is 3. The smallest absolute Gasteiger partial charge is 0.303 e. The Morgan fingerprint density at radius 1 is 1.21 bits per heavy atom. The molecule has 0 bridgehead atoms. The van der Waals surface area contributed by atoms with Gasteiger partial charge in [-0.25, -0.2) is 0 Å². The van der Waals surface area contributed by atoms with Crippen LogP contribution in [0.3, 0.4) is 0 Å². The molecule has 5 nitrogen and oxygen atoms in total.